The van der Waals surface area contributed by atoms with Crippen LogP contribution in [0.1, 0.15) is 16.8 Å². The van der Waals surface area contributed by atoms with Crippen LogP contribution in [0.3, 0.4) is 0 Å². The lowest BCUT2D eigenvalue weighted by molar-refractivity contribution is 0.242. The first-order valence-corrected chi connectivity index (χ1v) is 10.8. The normalized spacial score (nSPS) is 13.7. The van der Waals surface area contributed by atoms with Gasteiger partial charge in [-0.25, -0.2) is 9.97 Å². The van der Waals surface area contributed by atoms with Crippen molar-refractivity contribution < 1.29 is 0 Å². The highest BCUT2D eigenvalue weighted by atomic mass is 35.5. The second-order valence-corrected chi connectivity index (χ2v) is 8.45. The molecule has 0 unspecified atom stereocenters. The Kier molecular flexibility index (Phi) is 5.64. The van der Waals surface area contributed by atoms with E-state index in [9.17, 15) is 0 Å². The Labute approximate surface area is 190 Å². The highest BCUT2D eigenvalue weighted by Gasteiger charge is 2.19. The maximum absolute atomic E-state index is 6.11. The minimum Gasteiger partial charge on any atom is -0.294 e. The van der Waals surface area contributed by atoms with Gasteiger partial charge in [-0.05, 0) is 42.0 Å². The number of rotatable bonds is 4. The average molecular weight is 448 g/mol. The fourth-order valence-electron chi connectivity index (χ4n) is 3.79. The summed E-state index contributed by atoms with van der Waals surface area (Å²) in [6, 6.07) is 13.5. The number of hydrogen-bond acceptors (Lipinski definition) is 5. The van der Waals surface area contributed by atoms with E-state index in [4.69, 9.17) is 28.2 Å². The van der Waals surface area contributed by atoms with E-state index in [-0.39, 0.29) is 0 Å². The van der Waals surface area contributed by atoms with E-state index >= 15 is 0 Å². The van der Waals surface area contributed by atoms with Crippen LogP contribution in [0, 0.1) is 0 Å². The van der Waals surface area contributed by atoms with Gasteiger partial charge in [0.05, 0.1) is 11.4 Å². The Bertz CT molecular complexity index is 1190. The average Bonchev–Trinajstić information content (AvgIpc) is 2.79. The van der Waals surface area contributed by atoms with Gasteiger partial charge in [0.2, 0.25) is 0 Å². The van der Waals surface area contributed by atoms with Crippen molar-refractivity contribution >= 4 is 23.2 Å². The van der Waals surface area contributed by atoms with Gasteiger partial charge in [0.15, 0.2) is 5.82 Å². The number of aromatic nitrogens is 4. The van der Waals surface area contributed by atoms with Crippen LogP contribution in [0.2, 0.25) is 10.0 Å². The third-order valence-corrected chi connectivity index (χ3v) is 5.76. The minimum atomic E-state index is 0.606. The highest BCUT2D eigenvalue weighted by molar-refractivity contribution is 6.35. The molecule has 4 aromatic rings. The molecule has 0 bridgehead atoms. The van der Waals surface area contributed by atoms with Gasteiger partial charge >= 0.3 is 0 Å². The first-order chi connectivity index (χ1) is 15.1. The van der Waals surface area contributed by atoms with E-state index in [0.717, 1.165) is 60.0 Å². The fourth-order valence-corrected chi connectivity index (χ4v) is 4.32. The molecule has 31 heavy (non-hydrogen) atoms. The van der Waals surface area contributed by atoms with Crippen LogP contribution < -0.4 is 0 Å². The molecular formula is C24H19Cl2N5. The standard InChI is InChI=1S/C24H19Cl2N5/c25-20-8-18(9-21(26)10-20)22-4-3-16(11-28-22)14-31-7-5-23-19(15-31)13-29-24(30-23)17-2-1-6-27-12-17/h1-4,6,8-13H,5,7,14-15H2. The number of pyridine rings is 2. The Morgan fingerprint density at radius 3 is 2.52 bits per heavy atom. The summed E-state index contributed by atoms with van der Waals surface area (Å²) >= 11 is 12.2. The first kappa shape index (κ1) is 20.1. The van der Waals surface area contributed by atoms with E-state index in [1.807, 2.05) is 42.7 Å². The molecule has 0 fully saturated rings. The number of benzene rings is 1. The molecule has 7 heteroatoms. The summed E-state index contributed by atoms with van der Waals surface area (Å²) in [6.07, 6.45) is 8.32. The lowest BCUT2D eigenvalue weighted by atomic mass is 10.1. The van der Waals surface area contributed by atoms with Crippen LogP contribution in [-0.4, -0.2) is 31.4 Å². The molecule has 0 N–H and O–H groups in total. The van der Waals surface area contributed by atoms with Crippen molar-refractivity contribution in [1.29, 1.82) is 0 Å². The third-order valence-electron chi connectivity index (χ3n) is 5.32. The smallest absolute Gasteiger partial charge is 0.160 e. The van der Waals surface area contributed by atoms with Crippen molar-refractivity contribution in [3.63, 3.8) is 0 Å². The number of nitrogens with zero attached hydrogens (tertiary/aromatic N) is 5. The van der Waals surface area contributed by atoms with Crippen molar-refractivity contribution in [1.82, 2.24) is 24.8 Å². The molecule has 0 radical (unpaired) electrons. The van der Waals surface area contributed by atoms with Gasteiger partial charge in [0.1, 0.15) is 0 Å². The van der Waals surface area contributed by atoms with Crippen LogP contribution in [0.25, 0.3) is 22.6 Å². The molecule has 0 saturated heterocycles. The Balaban J connectivity index is 1.28. The van der Waals surface area contributed by atoms with E-state index in [2.05, 4.69) is 25.9 Å². The summed E-state index contributed by atoms with van der Waals surface area (Å²) in [5.74, 6) is 0.737. The Hall–Kier alpha value is -2.86. The molecule has 5 rings (SSSR count). The van der Waals surface area contributed by atoms with Crippen LogP contribution in [0.4, 0.5) is 0 Å². The Morgan fingerprint density at radius 2 is 1.77 bits per heavy atom. The summed E-state index contributed by atoms with van der Waals surface area (Å²) in [6.45, 7) is 2.60. The van der Waals surface area contributed by atoms with Gasteiger partial charge in [-0.3, -0.25) is 14.9 Å². The number of hydrogen-bond donors (Lipinski definition) is 0. The summed E-state index contributed by atoms with van der Waals surface area (Å²) in [7, 11) is 0. The summed E-state index contributed by atoms with van der Waals surface area (Å²) < 4.78 is 0. The molecule has 0 amide bonds. The lowest BCUT2D eigenvalue weighted by Crippen LogP contribution is -2.31. The summed E-state index contributed by atoms with van der Waals surface area (Å²) in [4.78, 5) is 20.5. The number of halogens is 2. The van der Waals surface area contributed by atoms with Crippen LogP contribution in [0.15, 0.2) is 67.3 Å². The van der Waals surface area contributed by atoms with Gasteiger partial charge in [0, 0.05) is 77.6 Å². The van der Waals surface area contributed by atoms with Gasteiger partial charge in [-0.15, -0.1) is 0 Å². The zero-order valence-corrected chi connectivity index (χ0v) is 18.2. The summed E-state index contributed by atoms with van der Waals surface area (Å²) in [5.41, 5.74) is 6.17. The SMILES string of the molecule is Clc1cc(Cl)cc(-c2ccc(CN3CCc4nc(-c5cccnc5)ncc4C3)cn2)c1. The molecule has 4 heterocycles. The third kappa shape index (κ3) is 4.59. The minimum absolute atomic E-state index is 0.606. The molecular weight excluding hydrogens is 429 g/mol. The number of fused-ring (bicyclic) bond motifs is 1. The molecule has 1 aliphatic rings. The topological polar surface area (TPSA) is 54.8 Å². The molecule has 0 aliphatic carbocycles. The fraction of sp³-hybridized carbons (Fsp3) is 0.167. The van der Waals surface area contributed by atoms with Crippen LogP contribution >= 0.6 is 23.2 Å². The van der Waals surface area contributed by atoms with Gasteiger partial charge in [-0.1, -0.05) is 29.3 Å². The van der Waals surface area contributed by atoms with Gasteiger partial charge < -0.3 is 0 Å². The summed E-state index contributed by atoms with van der Waals surface area (Å²) in [5, 5.41) is 1.21. The molecule has 1 aromatic carbocycles. The van der Waals surface area contributed by atoms with Crippen molar-refractivity contribution in [3.05, 3.63) is 94.1 Å². The van der Waals surface area contributed by atoms with E-state index in [1.54, 1.807) is 18.5 Å². The van der Waals surface area contributed by atoms with Crippen molar-refractivity contribution in [2.24, 2.45) is 0 Å². The van der Waals surface area contributed by atoms with Crippen molar-refractivity contribution in [2.75, 3.05) is 6.54 Å². The molecule has 0 atom stereocenters. The molecule has 154 valence electrons. The van der Waals surface area contributed by atoms with E-state index < -0.39 is 0 Å². The molecule has 0 spiro atoms. The predicted octanol–water partition coefficient (Wildman–Crippen LogP) is 5.47. The maximum atomic E-state index is 6.11. The monoisotopic (exact) mass is 447 g/mol. The predicted molar refractivity (Wildman–Crippen MR) is 123 cm³/mol. The van der Waals surface area contributed by atoms with Gasteiger partial charge in [-0.2, -0.15) is 0 Å². The largest absolute Gasteiger partial charge is 0.294 e. The quantitative estimate of drug-likeness (QED) is 0.415. The molecule has 3 aromatic heterocycles. The molecule has 1 aliphatic heterocycles. The van der Waals surface area contributed by atoms with Crippen molar-refractivity contribution in [2.45, 2.75) is 19.5 Å². The van der Waals surface area contributed by atoms with E-state index in [0.29, 0.717) is 10.0 Å². The van der Waals surface area contributed by atoms with Crippen LogP contribution in [-0.2, 0) is 19.5 Å². The molecule has 0 saturated carbocycles. The van der Waals surface area contributed by atoms with E-state index in [1.165, 1.54) is 5.56 Å². The lowest BCUT2D eigenvalue weighted by Gasteiger charge is -2.28. The van der Waals surface area contributed by atoms with Gasteiger partial charge in [0.25, 0.3) is 0 Å². The van der Waals surface area contributed by atoms with Crippen LogP contribution in [0.5, 0.6) is 0 Å². The van der Waals surface area contributed by atoms with Crippen molar-refractivity contribution in [3.8, 4) is 22.6 Å². The zero-order chi connectivity index (χ0) is 21.2. The molecule has 5 nitrogen and oxygen atoms in total. The zero-order valence-electron chi connectivity index (χ0n) is 16.7. The second-order valence-electron chi connectivity index (χ2n) is 7.58. The Morgan fingerprint density at radius 1 is 0.903 bits per heavy atom. The highest BCUT2D eigenvalue weighted by Crippen LogP contribution is 2.27. The first-order valence-electron chi connectivity index (χ1n) is 10.0. The second kappa shape index (κ2) is 8.71. The maximum Gasteiger partial charge on any atom is 0.160 e.